The number of nitrogens with two attached hydrogens (primary N) is 1. The monoisotopic (exact) mass is 248 g/mol. The van der Waals surface area contributed by atoms with E-state index in [9.17, 15) is 9.90 Å². The van der Waals surface area contributed by atoms with Gasteiger partial charge < -0.3 is 10.8 Å². The molecule has 2 rings (SSSR count). The molecule has 0 bridgehead atoms. The zero-order chi connectivity index (χ0) is 13.8. The van der Waals surface area contributed by atoms with Crippen molar-refractivity contribution in [2.75, 3.05) is 5.73 Å². The highest BCUT2D eigenvalue weighted by Crippen LogP contribution is 2.43. The molecule has 1 fully saturated rings. The summed E-state index contributed by atoms with van der Waals surface area (Å²) in [5.74, 6) is -0.800. The number of carbonyl (C=O) groups is 1. The molecule has 0 aromatic carbocycles. The Hall–Kier alpha value is -1.84. The van der Waals surface area contributed by atoms with Crippen molar-refractivity contribution in [1.82, 2.24) is 4.98 Å². The van der Waals surface area contributed by atoms with Crippen LogP contribution in [0.3, 0.4) is 0 Å². The number of hydrogen-bond donors (Lipinski definition) is 2. The van der Waals surface area contributed by atoms with Gasteiger partial charge in [-0.1, -0.05) is 26.8 Å². The van der Waals surface area contributed by atoms with E-state index in [0.717, 1.165) is 6.42 Å². The number of rotatable bonds is 3. The number of nitrogens with zero attached hydrogens (tertiary/aromatic N) is 1. The maximum absolute atomic E-state index is 11.3. The Kier molecular flexibility index (Phi) is 4.48. The highest BCUT2D eigenvalue weighted by Gasteiger charge is 2.47. The first-order chi connectivity index (χ1) is 8.60. The molecule has 1 aliphatic rings. The van der Waals surface area contributed by atoms with Crippen molar-refractivity contribution in [3.8, 4) is 0 Å². The molecular formula is C14H20N2O2. The van der Waals surface area contributed by atoms with Crippen LogP contribution < -0.4 is 5.73 Å². The van der Waals surface area contributed by atoms with E-state index in [-0.39, 0.29) is 0 Å². The third-order valence-electron chi connectivity index (χ3n) is 3.26. The Bertz CT molecular complexity index is 451. The van der Waals surface area contributed by atoms with Gasteiger partial charge in [0.05, 0.1) is 17.1 Å². The largest absolute Gasteiger partial charge is 0.481 e. The van der Waals surface area contributed by atoms with E-state index in [0.29, 0.717) is 29.9 Å². The van der Waals surface area contributed by atoms with Crippen LogP contribution in [0.4, 0.5) is 5.69 Å². The van der Waals surface area contributed by atoms with Gasteiger partial charge in [0.15, 0.2) is 0 Å². The van der Waals surface area contributed by atoms with Gasteiger partial charge in [0.1, 0.15) is 5.41 Å². The summed E-state index contributed by atoms with van der Waals surface area (Å²) >= 11 is 0. The number of anilines is 1. The molecule has 1 heterocycles. The van der Waals surface area contributed by atoms with Crippen molar-refractivity contribution in [3.05, 3.63) is 30.1 Å². The number of nitrogen functional groups attached to an aromatic ring is 1. The molecule has 0 atom stereocenters. The second kappa shape index (κ2) is 5.67. The number of aliphatic carboxylic acids is 1. The highest BCUT2D eigenvalue weighted by molar-refractivity contribution is 5.82. The first-order valence-electron chi connectivity index (χ1n) is 6.23. The zero-order valence-electron chi connectivity index (χ0n) is 10.9. The van der Waals surface area contributed by atoms with Gasteiger partial charge in [-0.25, -0.2) is 0 Å². The van der Waals surface area contributed by atoms with Crippen LogP contribution in [-0.4, -0.2) is 16.1 Å². The normalized spacial score (nSPS) is 15.9. The average Bonchev–Trinajstić information content (AvgIpc) is 2.32. The fourth-order valence-corrected chi connectivity index (χ4v) is 2.03. The van der Waals surface area contributed by atoms with Crippen LogP contribution in [0.15, 0.2) is 18.7 Å². The lowest BCUT2D eigenvalue weighted by atomic mass is 9.66. The van der Waals surface area contributed by atoms with E-state index >= 15 is 0 Å². The van der Waals surface area contributed by atoms with Crippen LogP contribution in [0.5, 0.6) is 0 Å². The van der Waals surface area contributed by atoms with Gasteiger partial charge in [-0.3, -0.25) is 9.78 Å². The van der Waals surface area contributed by atoms with Crippen LogP contribution in [0.25, 0.3) is 6.08 Å². The van der Waals surface area contributed by atoms with E-state index in [2.05, 4.69) is 11.6 Å². The van der Waals surface area contributed by atoms with Gasteiger partial charge in [0.25, 0.3) is 0 Å². The topological polar surface area (TPSA) is 76.2 Å². The Morgan fingerprint density at radius 3 is 2.50 bits per heavy atom. The molecule has 0 unspecified atom stereocenters. The van der Waals surface area contributed by atoms with Gasteiger partial charge >= 0.3 is 5.97 Å². The lowest BCUT2D eigenvalue weighted by molar-refractivity contribution is -0.147. The first-order valence-corrected chi connectivity index (χ1v) is 6.23. The van der Waals surface area contributed by atoms with E-state index in [1.54, 1.807) is 18.2 Å². The summed E-state index contributed by atoms with van der Waals surface area (Å²) in [5, 5.41) is 9.27. The van der Waals surface area contributed by atoms with Crippen molar-refractivity contribution in [3.63, 3.8) is 0 Å². The summed E-state index contributed by atoms with van der Waals surface area (Å²) in [5.41, 5.74) is 6.58. The molecule has 1 aliphatic carbocycles. The molecule has 4 heteroatoms. The molecule has 0 radical (unpaired) electrons. The smallest absolute Gasteiger partial charge is 0.315 e. The van der Waals surface area contributed by atoms with Crippen LogP contribution in [-0.2, 0) is 10.2 Å². The molecule has 4 nitrogen and oxygen atoms in total. The lowest BCUT2D eigenvalue weighted by Crippen LogP contribution is -2.43. The molecule has 18 heavy (non-hydrogen) atoms. The fraction of sp³-hybridized carbons (Fsp3) is 0.429. The molecule has 1 saturated carbocycles. The summed E-state index contributed by atoms with van der Waals surface area (Å²) in [6.07, 6.45) is 3.78. The SMILES string of the molecule is C=Cc1nc(C2(C(=O)O)CCC2)ccc1N.CC. The molecule has 3 N–H and O–H groups in total. The standard InChI is InChI=1S/C12H14N2O2.C2H6/c1-2-9-8(13)4-5-10(14-9)12(11(15)16)6-3-7-12;1-2/h2,4-5H,1,3,6-7,13H2,(H,15,16);1-2H3. The molecule has 0 aliphatic heterocycles. The number of carboxylic acid groups (broad SMARTS) is 1. The maximum Gasteiger partial charge on any atom is 0.315 e. The van der Waals surface area contributed by atoms with Gasteiger partial charge in [0, 0.05) is 0 Å². The third-order valence-corrected chi connectivity index (χ3v) is 3.26. The maximum atomic E-state index is 11.3. The molecule has 0 spiro atoms. The van der Waals surface area contributed by atoms with Crippen LogP contribution in [0.2, 0.25) is 0 Å². The minimum Gasteiger partial charge on any atom is -0.481 e. The second-order valence-corrected chi connectivity index (χ2v) is 4.12. The van der Waals surface area contributed by atoms with E-state index < -0.39 is 11.4 Å². The summed E-state index contributed by atoms with van der Waals surface area (Å²) in [6, 6.07) is 3.40. The van der Waals surface area contributed by atoms with Crippen molar-refractivity contribution in [2.45, 2.75) is 38.5 Å². The molecule has 1 aromatic heterocycles. The summed E-state index contributed by atoms with van der Waals surface area (Å²) < 4.78 is 0. The van der Waals surface area contributed by atoms with E-state index in [1.165, 1.54) is 0 Å². The average molecular weight is 248 g/mol. The van der Waals surface area contributed by atoms with Crippen LogP contribution in [0.1, 0.15) is 44.5 Å². The number of pyridine rings is 1. The van der Waals surface area contributed by atoms with Gasteiger partial charge in [0.2, 0.25) is 0 Å². The van der Waals surface area contributed by atoms with Crippen molar-refractivity contribution < 1.29 is 9.90 Å². The van der Waals surface area contributed by atoms with Crippen LogP contribution in [0, 0.1) is 0 Å². The molecule has 0 saturated heterocycles. The van der Waals surface area contributed by atoms with Crippen LogP contribution >= 0.6 is 0 Å². The Morgan fingerprint density at radius 2 is 2.11 bits per heavy atom. The second-order valence-electron chi connectivity index (χ2n) is 4.12. The Morgan fingerprint density at radius 1 is 1.50 bits per heavy atom. The van der Waals surface area contributed by atoms with Gasteiger partial charge in [-0.15, -0.1) is 0 Å². The minimum absolute atomic E-state index is 0.526. The zero-order valence-corrected chi connectivity index (χ0v) is 10.9. The lowest BCUT2D eigenvalue weighted by Gasteiger charge is -2.37. The molecule has 1 aromatic rings. The molecule has 98 valence electrons. The van der Waals surface area contributed by atoms with E-state index in [1.807, 2.05) is 13.8 Å². The van der Waals surface area contributed by atoms with Crippen molar-refractivity contribution in [2.24, 2.45) is 0 Å². The Balaban J connectivity index is 0.000000771. The summed E-state index contributed by atoms with van der Waals surface area (Å²) in [4.78, 5) is 15.6. The number of carboxylic acids is 1. The number of aromatic nitrogens is 1. The van der Waals surface area contributed by atoms with Crippen molar-refractivity contribution in [1.29, 1.82) is 0 Å². The number of hydrogen-bond acceptors (Lipinski definition) is 3. The fourth-order valence-electron chi connectivity index (χ4n) is 2.03. The third kappa shape index (κ3) is 2.23. The van der Waals surface area contributed by atoms with Crippen molar-refractivity contribution >= 4 is 17.7 Å². The quantitative estimate of drug-likeness (QED) is 0.862. The predicted molar refractivity (Wildman–Crippen MR) is 73.3 cm³/mol. The first kappa shape index (κ1) is 14.2. The van der Waals surface area contributed by atoms with Gasteiger partial charge in [-0.2, -0.15) is 0 Å². The van der Waals surface area contributed by atoms with E-state index in [4.69, 9.17) is 5.73 Å². The minimum atomic E-state index is -0.800. The van der Waals surface area contributed by atoms with Gasteiger partial charge in [-0.05, 0) is 31.1 Å². The summed E-state index contributed by atoms with van der Waals surface area (Å²) in [7, 11) is 0. The highest BCUT2D eigenvalue weighted by atomic mass is 16.4. The molecular weight excluding hydrogens is 228 g/mol. The predicted octanol–water partition coefficient (Wildman–Crippen LogP) is 2.84. The Labute approximate surface area is 108 Å². The molecule has 0 amide bonds. The summed E-state index contributed by atoms with van der Waals surface area (Å²) in [6.45, 7) is 7.61.